The Morgan fingerprint density at radius 2 is 2.05 bits per heavy atom. The van der Waals surface area contributed by atoms with E-state index in [9.17, 15) is 4.39 Å². The number of pyridine rings is 1. The summed E-state index contributed by atoms with van der Waals surface area (Å²) in [6.45, 7) is 0.887. The maximum Gasteiger partial charge on any atom is 0.152 e. The molecule has 3 aromatic rings. The number of nitrogens with one attached hydrogen (secondary N) is 1. The lowest BCUT2D eigenvalue weighted by atomic mass is 9.98. The number of aromatic nitrogens is 1. The predicted molar refractivity (Wildman–Crippen MR) is 83.3 cm³/mol. The molecule has 1 N–H and O–H groups in total. The van der Waals surface area contributed by atoms with Crippen LogP contribution in [0.5, 0.6) is 0 Å². The first-order valence-corrected chi connectivity index (χ1v) is 7.17. The molecule has 1 aliphatic rings. The highest BCUT2D eigenvalue weighted by Gasteiger charge is 2.21. The SMILES string of the molecule is FC(c1ccc2cccnc2c1)c1cccc2c1NCC2. The lowest BCUT2D eigenvalue weighted by Gasteiger charge is -2.14. The highest BCUT2D eigenvalue weighted by molar-refractivity contribution is 5.79. The molecule has 3 heteroatoms. The number of halogens is 1. The van der Waals surface area contributed by atoms with E-state index in [1.165, 1.54) is 5.56 Å². The average molecular weight is 278 g/mol. The molecular formula is C18H15FN2. The van der Waals surface area contributed by atoms with Crippen molar-refractivity contribution in [3.63, 3.8) is 0 Å². The van der Waals surface area contributed by atoms with Crippen LogP contribution in [-0.2, 0) is 6.42 Å². The first-order chi connectivity index (χ1) is 10.3. The van der Waals surface area contributed by atoms with Crippen LogP contribution >= 0.6 is 0 Å². The van der Waals surface area contributed by atoms with Gasteiger partial charge in [-0.05, 0) is 29.7 Å². The first kappa shape index (κ1) is 12.3. The Morgan fingerprint density at radius 3 is 3.00 bits per heavy atom. The summed E-state index contributed by atoms with van der Waals surface area (Å²) in [4.78, 5) is 4.31. The van der Waals surface area contributed by atoms with Crippen LogP contribution in [0.2, 0.25) is 0 Å². The minimum absolute atomic E-state index is 0.656. The molecular weight excluding hydrogens is 263 g/mol. The van der Waals surface area contributed by atoms with Crippen molar-refractivity contribution in [1.82, 2.24) is 4.98 Å². The largest absolute Gasteiger partial charge is 0.384 e. The van der Waals surface area contributed by atoms with Crippen LogP contribution in [0.3, 0.4) is 0 Å². The van der Waals surface area contributed by atoms with Crippen molar-refractivity contribution in [3.8, 4) is 0 Å². The number of fused-ring (bicyclic) bond motifs is 2. The number of para-hydroxylation sites is 1. The maximum atomic E-state index is 15.0. The fourth-order valence-electron chi connectivity index (χ4n) is 3.00. The third kappa shape index (κ3) is 2.05. The van der Waals surface area contributed by atoms with Gasteiger partial charge in [0.15, 0.2) is 6.17 Å². The maximum absolute atomic E-state index is 15.0. The van der Waals surface area contributed by atoms with E-state index < -0.39 is 6.17 Å². The van der Waals surface area contributed by atoms with Gasteiger partial charge in [-0.1, -0.05) is 36.4 Å². The normalized spacial score (nSPS) is 14.7. The molecule has 0 saturated heterocycles. The average Bonchev–Trinajstić information content (AvgIpc) is 3.02. The third-order valence-corrected chi connectivity index (χ3v) is 4.07. The van der Waals surface area contributed by atoms with E-state index in [-0.39, 0.29) is 0 Å². The van der Waals surface area contributed by atoms with Gasteiger partial charge >= 0.3 is 0 Å². The van der Waals surface area contributed by atoms with Gasteiger partial charge in [-0.3, -0.25) is 4.98 Å². The van der Waals surface area contributed by atoms with Crippen LogP contribution in [-0.4, -0.2) is 11.5 Å². The van der Waals surface area contributed by atoms with Gasteiger partial charge in [-0.2, -0.15) is 0 Å². The highest BCUT2D eigenvalue weighted by Crippen LogP contribution is 2.36. The van der Waals surface area contributed by atoms with E-state index in [0.717, 1.165) is 35.1 Å². The summed E-state index contributed by atoms with van der Waals surface area (Å²) in [6, 6.07) is 15.4. The Hall–Kier alpha value is -2.42. The number of nitrogens with zero attached hydrogens (tertiary/aromatic N) is 1. The van der Waals surface area contributed by atoms with Gasteiger partial charge in [0.25, 0.3) is 0 Å². The molecule has 0 aliphatic carbocycles. The monoisotopic (exact) mass is 278 g/mol. The second-order valence-corrected chi connectivity index (χ2v) is 5.38. The van der Waals surface area contributed by atoms with Crippen LogP contribution in [0.15, 0.2) is 54.7 Å². The number of hydrogen-bond donors (Lipinski definition) is 1. The fourth-order valence-corrected chi connectivity index (χ4v) is 3.00. The first-order valence-electron chi connectivity index (χ1n) is 7.17. The van der Waals surface area contributed by atoms with E-state index in [1.54, 1.807) is 6.20 Å². The van der Waals surface area contributed by atoms with Crippen molar-refractivity contribution in [3.05, 3.63) is 71.4 Å². The number of benzene rings is 2. The van der Waals surface area contributed by atoms with Crippen molar-refractivity contribution in [2.45, 2.75) is 12.6 Å². The van der Waals surface area contributed by atoms with Gasteiger partial charge in [0.05, 0.1) is 5.52 Å². The quantitative estimate of drug-likeness (QED) is 0.757. The molecule has 0 spiro atoms. The van der Waals surface area contributed by atoms with Gasteiger partial charge < -0.3 is 5.32 Å². The van der Waals surface area contributed by atoms with Gasteiger partial charge in [0.1, 0.15) is 0 Å². The van der Waals surface area contributed by atoms with Crippen LogP contribution in [0, 0.1) is 0 Å². The molecule has 0 radical (unpaired) electrons. The summed E-state index contributed by atoms with van der Waals surface area (Å²) in [6.07, 6.45) is 1.58. The summed E-state index contributed by atoms with van der Waals surface area (Å²) in [5.41, 5.74) is 4.38. The van der Waals surface area contributed by atoms with Gasteiger partial charge in [-0.25, -0.2) is 4.39 Å². The van der Waals surface area contributed by atoms with Gasteiger partial charge in [-0.15, -0.1) is 0 Å². The van der Waals surface area contributed by atoms with E-state index in [2.05, 4.69) is 16.4 Å². The van der Waals surface area contributed by atoms with Gasteiger partial charge in [0.2, 0.25) is 0 Å². The van der Waals surface area contributed by atoms with Crippen molar-refractivity contribution in [1.29, 1.82) is 0 Å². The zero-order valence-electron chi connectivity index (χ0n) is 11.5. The molecule has 0 fully saturated rings. The smallest absolute Gasteiger partial charge is 0.152 e. The lowest BCUT2D eigenvalue weighted by Crippen LogP contribution is -2.00. The molecule has 0 saturated carbocycles. The van der Waals surface area contributed by atoms with Crippen LogP contribution < -0.4 is 5.32 Å². The van der Waals surface area contributed by atoms with Crippen LogP contribution in [0.25, 0.3) is 10.9 Å². The molecule has 2 nitrogen and oxygen atoms in total. The zero-order valence-corrected chi connectivity index (χ0v) is 11.5. The number of rotatable bonds is 2. The molecule has 2 aromatic carbocycles. The summed E-state index contributed by atoms with van der Waals surface area (Å²) >= 11 is 0. The summed E-state index contributed by atoms with van der Waals surface area (Å²) in [5.74, 6) is 0. The molecule has 1 unspecified atom stereocenters. The van der Waals surface area contributed by atoms with E-state index in [4.69, 9.17) is 0 Å². The predicted octanol–water partition coefficient (Wildman–Crippen LogP) is 4.26. The minimum Gasteiger partial charge on any atom is -0.384 e. The van der Waals surface area contributed by atoms with E-state index >= 15 is 0 Å². The van der Waals surface area contributed by atoms with E-state index in [0.29, 0.717) is 5.56 Å². The molecule has 21 heavy (non-hydrogen) atoms. The van der Waals surface area contributed by atoms with Crippen LogP contribution in [0.1, 0.15) is 22.9 Å². The molecule has 1 atom stereocenters. The molecule has 1 aliphatic heterocycles. The molecule has 0 bridgehead atoms. The van der Waals surface area contributed by atoms with Gasteiger partial charge in [0, 0.05) is 29.4 Å². The number of alkyl halides is 1. The number of hydrogen-bond acceptors (Lipinski definition) is 2. The molecule has 0 amide bonds. The Labute approximate surface area is 122 Å². The van der Waals surface area contributed by atoms with Crippen molar-refractivity contribution >= 4 is 16.6 Å². The minimum atomic E-state index is -1.13. The summed E-state index contributed by atoms with van der Waals surface area (Å²) in [5, 5.41) is 4.33. The zero-order chi connectivity index (χ0) is 14.2. The standard InChI is InChI=1S/C18H15FN2/c19-17(15-5-1-3-13-8-10-21-18(13)15)14-7-6-12-4-2-9-20-16(12)11-14/h1-7,9,11,17,21H,8,10H2. The topological polar surface area (TPSA) is 24.9 Å². The molecule has 104 valence electrons. The third-order valence-electron chi connectivity index (χ3n) is 4.07. The molecule has 1 aromatic heterocycles. The Kier molecular flexibility index (Phi) is 2.85. The summed E-state index contributed by atoms with van der Waals surface area (Å²) < 4.78 is 15.0. The molecule has 2 heterocycles. The number of anilines is 1. The van der Waals surface area contributed by atoms with E-state index in [1.807, 2.05) is 42.5 Å². The van der Waals surface area contributed by atoms with Crippen LogP contribution in [0.4, 0.5) is 10.1 Å². The van der Waals surface area contributed by atoms with Crippen molar-refractivity contribution < 1.29 is 4.39 Å². The Bertz CT molecular complexity index is 813. The second-order valence-electron chi connectivity index (χ2n) is 5.38. The Morgan fingerprint density at radius 1 is 1.10 bits per heavy atom. The fraction of sp³-hybridized carbons (Fsp3) is 0.167. The van der Waals surface area contributed by atoms with Crippen molar-refractivity contribution in [2.75, 3.05) is 11.9 Å². The van der Waals surface area contributed by atoms with Crippen molar-refractivity contribution in [2.24, 2.45) is 0 Å². The summed E-state index contributed by atoms with van der Waals surface area (Å²) in [7, 11) is 0. The Balaban J connectivity index is 1.80. The second kappa shape index (κ2) is 4.85. The lowest BCUT2D eigenvalue weighted by molar-refractivity contribution is 0.403. The molecule has 4 rings (SSSR count). The highest BCUT2D eigenvalue weighted by atomic mass is 19.1.